The van der Waals surface area contributed by atoms with Crippen LogP contribution >= 0.6 is 0 Å². The van der Waals surface area contributed by atoms with Crippen LogP contribution in [0.4, 0.5) is 0 Å². The maximum Gasteiger partial charge on any atom is 0.253 e. The summed E-state index contributed by atoms with van der Waals surface area (Å²) in [5.41, 5.74) is 3.55. The first-order valence-electron chi connectivity index (χ1n) is 11.9. The lowest BCUT2D eigenvalue weighted by Gasteiger charge is -2.34. The van der Waals surface area contributed by atoms with Crippen LogP contribution in [0.25, 0.3) is 0 Å². The van der Waals surface area contributed by atoms with E-state index in [1.54, 1.807) is 48.5 Å². The molecule has 2 aliphatic heterocycles. The first-order chi connectivity index (χ1) is 17.4. The molecule has 3 aromatic rings. The first-order valence-corrected chi connectivity index (χ1v) is 13.4. The van der Waals surface area contributed by atoms with Crippen LogP contribution in [0.15, 0.2) is 71.6 Å². The summed E-state index contributed by atoms with van der Waals surface area (Å²) in [7, 11) is -3.59. The summed E-state index contributed by atoms with van der Waals surface area (Å²) < 4.78 is 38.5. The Morgan fingerprint density at radius 1 is 0.861 bits per heavy atom. The van der Waals surface area contributed by atoms with Gasteiger partial charge in [0, 0.05) is 44.8 Å². The molecule has 0 unspecified atom stereocenters. The molecular formula is C27H29N3O5S. The lowest BCUT2D eigenvalue weighted by Crippen LogP contribution is -2.48. The topological polar surface area (TPSA) is 88.2 Å². The molecule has 2 heterocycles. The van der Waals surface area contributed by atoms with E-state index in [0.717, 1.165) is 47.8 Å². The number of sulfonamides is 1. The molecule has 188 valence electrons. The Balaban J connectivity index is 1.12. The molecule has 5 rings (SSSR count). The molecule has 2 aliphatic rings. The Morgan fingerprint density at radius 3 is 2.25 bits per heavy atom. The number of aryl methyl sites for hydroxylation is 1. The van der Waals surface area contributed by atoms with Gasteiger partial charge < -0.3 is 14.4 Å². The summed E-state index contributed by atoms with van der Waals surface area (Å²) in [5, 5.41) is 0. The number of ether oxygens (including phenoxy) is 2. The fourth-order valence-corrected chi connectivity index (χ4v) is 5.35. The molecule has 0 bridgehead atoms. The largest absolute Gasteiger partial charge is 0.454 e. The third-order valence-electron chi connectivity index (χ3n) is 6.50. The molecule has 3 aromatic carbocycles. The number of nitrogens with zero attached hydrogens (tertiary/aromatic N) is 2. The highest BCUT2D eigenvalue weighted by molar-refractivity contribution is 7.89. The Labute approximate surface area is 211 Å². The maximum atomic E-state index is 13.0. The van der Waals surface area contributed by atoms with Crippen molar-refractivity contribution >= 4 is 15.9 Å². The van der Waals surface area contributed by atoms with Crippen LogP contribution in [0.3, 0.4) is 0 Å². The van der Waals surface area contributed by atoms with E-state index in [-0.39, 0.29) is 24.1 Å². The van der Waals surface area contributed by atoms with E-state index in [2.05, 4.69) is 9.62 Å². The lowest BCUT2D eigenvalue weighted by molar-refractivity contribution is 0.0628. The van der Waals surface area contributed by atoms with Gasteiger partial charge in [0.25, 0.3) is 5.91 Å². The summed E-state index contributed by atoms with van der Waals surface area (Å²) >= 11 is 0. The number of fused-ring (bicyclic) bond motifs is 1. The summed E-state index contributed by atoms with van der Waals surface area (Å²) in [5.74, 6) is 1.56. The third kappa shape index (κ3) is 5.53. The molecule has 0 aromatic heterocycles. The van der Waals surface area contributed by atoms with Crippen LogP contribution in [0.1, 0.15) is 27.0 Å². The molecule has 8 nitrogen and oxygen atoms in total. The van der Waals surface area contributed by atoms with Crippen molar-refractivity contribution in [1.29, 1.82) is 0 Å². The molecule has 1 saturated heterocycles. The standard InChI is InChI=1S/C27H29N3O5S/c1-20-2-9-24(10-3-20)36(32,33)28-17-21-4-7-23(8-5-21)27(31)30-14-12-29(13-15-30)18-22-6-11-25-26(16-22)35-19-34-25/h2-11,16,28H,12-15,17-19H2,1H3. The van der Waals surface area contributed by atoms with Gasteiger partial charge in [-0.15, -0.1) is 0 Å². The quantitative estimate of drug-likeness (QED) is 0.529. The van der Waals surface area contributed by atoms with Gasteiger partial charge in [0.2, 0.25) is 16.8 Å². The highest BCUT2D eigenvalue weighted by Crippen LogP contribution is 2.32. The van der Waals surface area contributed by atoms with Gasteiger partial charge in [0.15, 0.2) is 11.5 Å². The number of piperazine rings is 1. The van der Waals surface area contributed by atoms with Crippen molar-refractivity contribution in [2.45, 2.75) is 24.9 Å². The summed E-state index contributed by atoms with van der Waals surface area (Å²) in [6, 6.07) is 19.8. The van der Waals surface area contributed by atoms with Crippen molar-refractivity contribution in [2.75, 3.05) is 33.0 Å². The summed E-state index contributed by atoms with van der Waals surface area (Å²) in [6.07, 6.45) is 0. The molecule has 0 spiro atoms. The minimum atomic E-state index is -3.59. The van der Waals surface area contributed by atoms with Gasteiger partial charge in [-0.1, -0.05) is 35.9 Å². The Morgan fingerprint density at radius 2 is 1.53 bits per heavy atom. The molecule has 0 aliphatic carbocycles. The SMILES string of the molecule is Cc1ccc(S(=O)(=O)NCc2ccc(C(=O)N3CCN(Cc4ccc5c(c4)OCO5)CC3)cc2)cc1. The number of carbonyl (C=O) groups is 1. The summed E-state index contributed by atoms with van der Waals surface area (Å²) in [6.45, 7) is 6.02. The number of amides is 1. The van der Waals surface area contributed by atoms with Crippen LogP contribution in [0, 0.1) is 6.92 Å². The molecule has 1 N–H and O–H groups in total. The second kappa shape index (κ2) is 10.3. The van der Waals surface area contributed by atoms with E-state index >= 15 is 0 Å². The van der Waals surface area contributed by atoms with Gasteiger partial charge in [0.1, 0.15) is 0 Å². The molecule has 1 amide bonds. The van der Waals surface area contributed by atoms with E-state index < -0.39 is 10.0 Å². The van der Waals surface area contributed by atoms with Gasteiger partial charge in [0.05, 0.1) is 4.90 Å². The summed E-state index contributed by atoms with van der Waals surface area (Å²) in [4.78, 5) is 17.4. The van der Waals surface area contributed by atoms with Gasteiger partial charge in [-0.3, -0.25) is 9.69 Å². The van der Waals surface area contributed by atoms with E-state index in [1.165, 1.54) is 0 Å². The zero-order chi connectivity index (χ0) is 25.1. The van der Waals surface area contributed by atoms with Gasteiger partial charge >= 0.3 is 0 Å². The van der Waals surface area contributed by atoms with E-state index in [4.69, 9.17) is 9.47 Å². The van der Waals surface area contributed by atoms with Crippen molar-refractivity contribution in [2.24, 2.45) is 0 Å². The number of rotatable bonds is 7. The Kier molecular flexibility index (Phi) is 6.95. The Hall–Kier alpha value is -3.40. The minimum absolute atomic E-state index is 0.00971. The van der Waals surface area contributed by atoms with Gasteiger partial charge in [-0.25, -0.2) is 13.1 Å². The van der Waals surface area contributed by atoms with Crippen molar-refractivity contribution < 1.29 is 22.7 Å². The molecule has 0 saturated carbocycles. The fraction of sp³-hybridized carbons (Fsp3) is 0.296. The molecule has 0 atom stereocenters. The second-order valence-electron chi connectivity index (χ2n) is 9.09. The third-order valence-corrected chi connectivity index (χ3v) is 7.92. The average Bonchev–Trinajstić information content (AvgIpc) is 3.36. The number of benzene rings is 3. The Bertz CT molecular complexity index is 1330. The van der Waals surface area contributed by atoms with E-state index in [9.17, 15) is 13.2 Å². The van der Waals surface area contributed by atoms with Gasteiger partial charge in [-0.2, -0.15) is 0 Å². The van der Waals surface area contributed by atoms with Crippen molar-refractivity contribution in [3.8, 4) is 11.5 Å². The molecule has 9 heteroatoms. The van der Waals surface area contributed by atoms with Crippen molar-refractivity contribution in [3.05, 3.63) is 89.0 Å². The van der Waals surface area contributed by atoms with E-state index in [1.807, 2.05) is 30.0 Å². The van der Waals surface area contributed by atoms with Crippen LogP contribution in [-0.2, 0) is 23.1 Å². The molecule has 1 fully saturated rings. The highest BCUT2D eigenvalue weighted by atomic mass is 32.2. The smallest absolute Gasteiger partial charge is 0.253 e. The number of nitrogens with one attached hydrogen (secondary N) is 1. The maximum absolute atomic E-state index is 13.0. The lowest BCUT2D eigenvalue weighted by atomic mass is 10.1. The molecule has 0 radical (unpaired) electrons. The zero-order valence-corrected chi connectivity index (χ0v) is 21.0. The van der Waals surface area contributed by atoms with E-state index in [0.29, 0.717) is 18.7 Å². The minimum Gasteiger partial charge on any atom is -0.454 e. The normalized spacial score (nSPS) is 15.8. The van der Waals surface area contributed by atoms with Crippen molar-refractivity contribution in [1.82, 2.24) is 14.5 Å². The molecular weight excluding hydrogens is 478 g/mol. The van der Waals surface area contributed by atoms with Crippen LogP contribution in [0.2, 0.25) is 0 Å². The van der Waals surface area contributed by atoms with Crippen molar-refractivity contribution in [3.63, 3.8) is 0 Å². The first kappa shape index (κ1) is 24.3. The average molecular weight is 508 g/mol. The predicted molar refractivity (Wildman–Crippen MR) is 135 cm³/mol. The number of carbonyl (C=O) groups excluding carboxylic acids is 1. The molecule has 36 heavy (non-hydrogen) atoms. The monoisotopic (exact) mass is 507 g/mol. The number of hydrogen-bond acceptors (Lipinski definition) is 6. The van der Waals surface area contributed by atoms with Crippen LogP contribution in [0.5, 0.6) is 11.5 Å². The zero-order valence-electron chi connectivity index (χ0n) is 20.1. The highest BCUT2D eigenvalue weighted by Gasteiger charge is 2.23. The second-order valence-corrected chi connectivity index (χ2v) is 10.9. The fourth-order valence-electron chi connectivity index (χ4n) is 4.33. The van der Waals surface area contributed by atoms with Crippen LogP contribution < -0.4 is 14.2 Å². The predicted octanol–water partition coefficient (Wildman–Crippen LogP) is 3.16. The van der Waals surface area contributed by atoms with Crippen LogP contribution in [-0.4, -0.2) is 57.1 Å². The number of hydrogen-bond donors (Lipinski definition) is 1. The van der Waals surface area contributed by atoms with Gasteiger partial charge in [-0.05, 0) is 54.4 Å².